The van der Waals surface area contributed by atoms with E-state index >= 15 is 0 Å². The van der Waals surface area contributed by atoms with Gasteiger partial charge in [-0.1, -0.05) is 18.6 Å². The first-order valence-corrected chi connectivity index (χ1v) is 6.96. The summed E-state index contributed by atoms with van der Waals surface area (Å²) in [5.41, 5.74) is 0. The van der Waals surface area contributed by atoms with Gasteiger partial charge in [-0.05, 0) is 12.8 Å². The van der Waals surface area contributed by atoms with Crippen molar-refractivity contribution in [2.75, 3.05) is 0 Å². The highest BCUT2D eigenvalue weighted by Gasteiger charge is 2.46. The van der Waals surface area contributed by atoms with Crippen LogP contribution in [-0.4, -0.2) is 99.2 Å². The fraction of sp³-hybridized carbons (Fsp3) is 1.00. The first-order chi connectivity index (χ1) is 9.22. The van der Waals surface area contributed by atoms with E-state index in [1.54, 1.807) is 0 Å². The minimum absolute atomic E-state index is 0.0642. The van der Waals surface area contributed by atoms with Crippen LogP contribution in [-0.2, 0) is 4.74 Å². The molecule has 5 atom stereocenters. The molecule has 0 aromatic heterocycles. The summed E-state index contributed by atoms with van der Waals surface area (Å²) >= 11 is 0. The van der Waals surface area contributed by atoms with Crippen molar-refractivity contribution in [2.45, 2.75) is 37.6 Å². The van der Waals surface area contributed by atoms with Crippen molar-refractivity contribution < 1.29 is 4.74 Å². The lowest BCUT2D eigenvalue weighted by Gasteiger charge is -2.52. The average Bonchev–Trinajstić information content (AvgIpc) is 2.38. The fourth-order valence-corrected chi connectivity index (χ4v) is 3.12. The van der Waals surface area contributed by atoms with Crippen LogP contribution >= 0.6 is 0 Å². The van der Waals surface area contributed by atoms with Crippen molar-refractivity contribution in [1.29, 1.82) is 0 Å². The molecule has 81 valence electrons. The van der Waals surface area contributed by atoms with E-state index in [0.29, 0.717) is 0 Å². The second kappa shape index (κ2) is 7.84. The van der Waals surface area contributed by atoms with Gasteiger partial charge in [0.25, 0.3) is 0 Å². The molecule has 5 unspecified atom stereocenters. The highest BCUT2D eigenvalue weighted by atomic mass is 16.5. The molecule has 0 bridgehead atoms. The Morgan fingerprint density at radius 1 is 0.950 bits per heavy atom. The zero-order chi connectivity index (χ0) is 15.6. The number of ether oxygens (including phenoxy) is 1. The highest BCUT2D eigenvalue weighted by Crippen LogP contribution is 2.45. The summed E-state index contributed by atoms with van der Waals surface area (Å²) < 4.78 is 5.99. The lowest BCUT2D eigenvalue weighted by Crippen LogP contribution is -2.61. The van der Waals surface area contributed by atoms with Crippen molar-refractivity contribution in [3.8, 4) is 0 Å². The summed E-state index contributed by atoms with van der Waals surface area (Å²) in [6.45, 7) is 2.43. The van der Waals surface area contributed by atoms with E-state index < -0.39 is 31.9 Å². The molecule has 1 nitrogen and oxygen atoms in total. The molecule has 15 radical (unpaired) electrons. The Morgan fingerprint density at radius 3 is 1.90 bits per heavy atom. The van der Waals surface area contributed by atoms with E-state index in [0.717, 1.165) is 0 Å². The molecule has 0 N–H and O–H groups in total. The lowest BCUT2D eigenvalue weighted by molar-refractivity contribution is -0.0311. The molecule has 0 spiro atoms. The van der Waals surface area contributed by atoms with Crippen molar-refractivity contribution in [3.05, 3.63) is 0 Å². The Kier molecular flexibility index (Phi) is 7.36. The van der Waals surface area contributed by atoms with Crippen LogP contribution in [0.3, 0.4) is 0 Å². The van der Waals surface area contributed by atoms with Gasteiger partial charge in [0.2, 0.25) is 0 Å². The first-order valence-electron chi connectivity index (χ1n) is 6.96. The molecule has 13 heteroatoms. The SMILES string of the molecule is [B][B]B([B])C1C(B([B])B([B])[B])OC(C)C(C)C1B([B])[B]. The second-order valence-corrected chi connectivity index (χ2v) is 5.82. The summed E-state index contributed by atoms with van der Waals surface area (Å²) in [4.78, 5) is 0. The molecule has 0 aromatic rings. The number of hydrogen-bond donors (Lipinski definition) is 0. The van der Waals surface area contributed by atoms with E-state index in [1.807, 2.05) is 13.8 Å². The molecule has 0 saturated carbocycles. The molecule has 1 aliphatic heterocycles. The van der Waals surface area contributed by atoms with Gasteiger partial charge in [-0.25, -0.2) is 0 Å². The molecule has 1 rings (SSSR count). The topological polar surface area (TPSA) is 9.23 Å². The Hall–Kier alpha value is 0.739. The molecular formula is C7H11B12O. The first kappa shape index (κ1) is 18.8. The van der Waals surface area contributed by atoms with Crippen molar-refractivity contribution in [1.82, 2.24) is 0 Å². The smallest absolute Gasteiger partial charge is 0.0808 e. The van der Waals surface area contributed by atoms with Crippen LogP contribution in [0.5, 0.6) is 0 Å². The van der Waals surface area contributed by atoms with Crippen LogP contribution in [0.15, 0.2) is 0 Å². The molecule has 0 aromatic carbocycles. The normalized spacial score (nSPS) is 33.2. The fourth-order valence-electron chi connectivity index (χ4n) is 3.12. The maximum atomic E-state index is 6.10. The molecule has 0 amide bonds. The van der Waals surface area contributed by atoms with E-state index in [-0.39, 0.29) is 23.7 Å². The van der Waals surface area contributed by atoms with Crippen LogP contribution in [0.4, 0.5) is 0 Å². The number of rotatable bonds is 5. The van der Waals surface area contributed by atoms with Crippen LogP contribution < -0.4 is 0 Å². The Morgan fingerprint density at radius 2 is 1.50 bits per heavy atom. The summed E-state index contributed by atoms with van der Waals surface area (Å²) in [7, 11) is 42.5. The van der Waals surface area contributed by atoms with Gasteiger partial charge < -0.3 is 4.74 Å². The molecule has 1 aliphatic rings. The molecule has 1 saturated heterocycles. The molecule has 20 heavy (non-hydrogen) atoms. The summed E-state index contributed by atoms with van der Waals surface area (Å²) in [6.07, 6.45) is -0.784. The van der Waals surface area contributed by atoms with Crippen molar-refractivity contribution in [2.24, 2.45) is 5.92 Å². The van der Waals surface area contributed by atoms with Crippen LogP contribution in [0.25, 0.3) is 0 Å². The molecule has 1 fully saturated rings. The molecule has 0 aliphatic carbocycles. The minimum Gasteiger partial charge on any atom is -0.385 e. The minimum atomic E-state index is -0.720. The zero-order valence-corrected chi connectivity index (χ0v) is 12.2. The Balaban J connectivity index is 3.12. The summed E-state index contributed by atoms with van der Waals surface area (Å²) in [5, 5.41) is 0. The van der Waals surface area contributed by atoms with Gasteiger partial charge in [-0.2, -0.15) is 0 Å². The van der Waals surface area contributed by atoms with Crippen molar-refractivity contribution in [3.63, 3.8) is 0 Å². The summed E-state index contributed by atoms with van der Waals surface area (Å²) in [5.74, 6) is -0.178. The van der Waals surface area contributed by atoms with Crippen LogP contribution in [0.1, 0.15) is 13.8 Å². The monoisotopic (exact) mass is 243 g/mol. The van der Waals surface area contributed by atoms with Gasteiger partial charge in [0.05, 0.1) is 19.1 Å². The van der Waals surface area contributed by atoms with Crippen LogP contribution in [0, 0.1) is 5.92 Å². The van der Waals surface area contributed by atoms with E-state index in [1.165, 1.54) is 7.06 Å². The predicted octanol–water partition coefficient (Wildman–Crippen LogP) is -2.98. The van der Waals surface area contributed by atoms with E-state index in [2.05, 4.69) is 0 Å². The third-order valence-electron chi connectivity index (χ3n) is 4.48. The largest absolute Gasteiger partial charge is 0.385 e. The van der Waals surface area contributed by atoms with Gasteiger partial charge in [0.1, 0.15) is 0 Å². The van der Waals surface area contributed by atoms with Gasteiger partial charge >= 0.3 is 0 Å². The molecular weight excluding hydrogens is 230 g/mol. The maximum Gasteiger partial charge on any atom is 0.0808 e. The zero-order valence-electron chi connectivity index (χ0n) is 12.2. The van der Waals surface area contributed by atoms with Gasteiger partial charge in [-0.3, -0.25) is 0 Å². The average molecular weight is 241 g/mol. The van der Waals surface area contributed by atoms with E-state index in [4.69, 9.17) is 58.9 Å². The van der Waals surface area contributed by atoms with Gasteiger partial charge in [0, 0.05) is 80.1 Å². The van der Waals surface area contributed by atoms with Crippen molar-refractivity contribution >= 4 is 87.1 Å². The van der Waals surface area contributed by atoms with Gasteiger partial charge in [0.15, 0.2) is 0 Å². The van der Waals surface area contributed by atoms with Gasteiger partial charge in [-0.15, -0.1) is 0 Å². The predicted molar refractivity (Wildman–Crippen MR) is 100 cm³/mol. The lowest BCUT2D eigenvalue weighted by atomic mass is 8.83. The standard InChI is InChI=1S/C7H11B12O/c1-3-4(2)20-7(18(12)19(13)14)6(17(11)15-8)5(3)16(9)10/h3-7H,1-2H3. The quantitative estimate of drug-likeness (QED) is 0.467. The Bertz CT molecular complexity index is 302. The van der Waals surface area contributed by atoms with E-state index in [9.17, 15) is 0 Å². The third kappa shape index (κ3) is 3.93. The Labute approximate surface area is 135 Å². The summed E-state index contributed by atoms with van der Waals surface area (Å²) in [6, 6.07) is -0.435. The third-order valence-corrected chi connectivity index (χ3v) is 4.48. The van der Waals surface area contributed by atoms with Crippen LogP contribution in [0.2, 0.25) is 11.6 Å². The number of hydrogen-bond acceptors (Lipinski definition) is 1. The molecule has 1 heterocycles. The maximum absolute atomic E-state index is 6.10. The second-order valence-electron chi connectivity index (χ2n) is 5.82. The highest BCUT2D eigenvalue weighted by molar-refractivity contribution is 7.67.